The molecule has 0 fully saturated rings. The number of methoxy groups -OCH3 is 1. The molecule has 96 valence electrons. The van der Waals surface area contributed by atoms with Crippen LogP contribution in [-0.4, -0.2) is 21.7 Å². The van der Waals surface area contributed by atoms with Crippen molar-refractivity contribution in [3.05, 3.63) is 53.9 Å². The van der Waals surface area contributed by atoms with Gasteiger partial charge in [0.2, 0.25) is 0 Å². The normalized spacial score (nSPS) is 10.8. The van der Waals surface area contributed by atoms with Crippen LogP contribution in [0.5, 0.6) is 5.75 Å². The molecule has 0 spiro atoms. The van der Waals surface area contributed by atoms with Crippen molar-refractivity contribution in [3.63, 3.8) is 0 Å². The number of anilines is 1. The average molecular weight is 254 g/mol. The maximum atomic E-state index is 5.96. The monoisotopic (exact) mass is 254 g/mol. The summed E-state index contributed by atoms with van der Waals surface area (Å²) < 4.78 is 7.01. The molecule has 2 heterocycles. The lowest BCUT2D eigenvalue weighted by molar-refractivity contribution is 0.414. The van der Waals surface area contributed by atoms with Crippen molar-refractivity contribution in [2.24, 2.45) is 0 Å². The molecule has 3 aromatic rings. The second-order valence-corrected chi connectivity index (χ2v) is 4.29. The fourth-order valence-electron chi connectivity index (χ4n) is 2.07. The van der Waals surface area contributed by atoms with Gasteiger partial charge in [-0.15, -0.1) is 10.2 Å². The second-order valence-electron chi connectivity index (χ2n) is 4.29. The van der Waals surface area contributed by atoms with Crippen LogP contribution < -0.4 is 10.5 Å². The van der Waals surface area contributed by atoms with Gasteiger partial charge in [-0.3, -0.25) is 4.40 Å². The molecule has 0 saturated heterocycles. The van der Waals surface area contributed by atoms with Gasteiger partial charge in [0.1, 0.15) is 17.4 Å². The molecule has 0 amide bonds. The predicted molar refractivity (Wildman–Crippen MR) is 73.2 cm³/mol. The zero-order valence-electron chi connectivity index (χ0n) is 10.6. The highest BCUT2D eigenvalue weighted by molar-refractivity contribution is 5.48. The summed E-state index contributed by atoms with van der Waals surface area (Å²) in [7, 11) is 1.65. The Hall–Kier alpha value is -2.56. The van der Waals surface area contributed by atoms with E-state index in [1.165, 1.54) is 0 Å². The Morgan fingerprint density at radius 3 is 2.63 bits per heavy atom. The van der Waals surface area contributed by atoms with Crippen LogP contribution in [-0.2, 0) is 6.42 Å². The summed E-state index contributed by atoms with van der Waals surface area (Å²) in [6, 6.07) is 13.5. The molecule has 2 N–H and O–H groups in total. The summed E-state index contributed by atoms with van der Waals surface area (Å²) >= 11 is 0. The van der Waals surface area contributed by atoms with E-state index in [0.29, 0.717) is 12.2 Å². The minimum atomic E-state index is 0.644. The molecular formula is C14H14N4O. The highest BCUT2D eigenvalue weighted by Crippen LogP contribution is 2.16. The third-order valence-corrected chi connectivity index (χ3v) is 3.05. The Morgan fingerprint density at radius 2 is 1.89 bits per heavy atom. The summed E-state index contributed by atoms with van der Waals surface area (Å²) in [5, 5.41) is 8.31. The van der Waals surface area contributed by atoms with Crippen LogP contribution in [0.2, 0.25) is 0 Å². The first-order valence-electron chi connectivity index (χ1n) is 5.99. The van der Waals surface area contributed by atoms with E-state index < -0.39 is 0 Å². The van der Waals surface area contributed by atoms with Crippen molar-refractivity contribution in [1.82, 2.24) is 14.6 Å². The molecule has 0 atom stereocenters. The molecule has 0 unspecified atom stereocenters. The number of nitrogen functional groups attached to an aromatic ring is 1. The van der Waals surface area contributed by atoms with Crippen molar-refractivity contribution in [2.75, 3.05) is 12.8 Å². The maximum absolute atomic E-state index is 5.96. The number of nitrogens with zero attached hydrogens (tertiary/aromatic N) is 3. The smallest absolute Gasteiger partial charge is 0.162 e. The number of hydrogen-bond donors (Lipinski definition) is 1. The van der Waals surface area contributed by atoms with E-state index in [2.05, 4.69) is 10.2 Å². The fourth-order valence-corrected chi connectivity index (χ4v) is 2.07. The van der Waals surface area contributed by atoms with Gasteiger partial charge < -0.3 is 10.5 Å². The SMILES string of the molecule is COc1ccc(Cc2nnc3cccc(N)n23)cc1. The molecule has 19 heavy (non-hydrogen) atoms. The minimum absolute atomic E-state index is 0.644. The number of rotatable bonds is 3. The van der Waals surface area contributed by atoms with Crippen LogP contribution in [0.1, 0.15) is 11.4 Å². The summed E-state index contributed by atoms with van der Waals surface area (Å²) in [6.45, 7) is 0. The van der Waals surface area contributed by atoms with Crippen LogP contribution in [0.15, 0.2) is 42.5 Å². The van der Waals surface area contributed by atoms with Crippen LogP contribution in [0.4, 0.5) is 5.82 Å². The summed E-state index contributed by atoms with van der Waals surface area (Å²) in [5.74, 6) is 2.32. The fraction of sp³-hybridized carbons (Fsp3) is 0.143. The van der Waals surface area contributed by atoms with Gasteiger partial charge >= 0.3 is 0 Å². The van der Waals surface area contributed by atoms with E-state index in [-0.39, 0.29) is 0 Å². The minimum Gasteiger partial charge on any atom is -0.497 e. The van der Waals surface area contributed by atoms with Gasteiger partial charge in [-0.2, -0.15) is 0 Å². The van der Waals surface area contributed by atoms with Gasteiger partial charge in [0.05, 0.1) is 7.11 Å². The van der Waals surface area contributed by atoms with Gasteiger partial charge in [0.25, 0.3) is 0 Å². The number of benzene rings is 1. The Morgan fingerprint density at radius 1 is 1.11 bits per heavy atom. The summed E-state index contributed by atoms with van der Waals surface area (Å²) in [4.78, 5) is 0. The van der Waals surface area contributed by atoms with Gasteiger partial charge in [-0.1, -0.05) is 18.2 Å². The Bertz CT molecular complexity index is 703. The topological polar surface area (TPSA) is 65.4 Å². The molecule has 5 heteroatoms. The first kappa shape index (κ1) is 11.5. The predicted octanol–water partition coefficient (Wildman–Crippen LogP) is 1.91. The van der Waals surface area contributed by atoms with E-state index in [4.69, 9.17) is 10.5 Å². The highest BCUT2D eigenvalue weighted by Gasteiger charge is 2.08. The van der Waals surface area contributed by atoms with Crippen LogP contribution in [0, 0.1) is 0 Å². The zero-order valence-corrected chi connectivity index (χ0v) is 10.6. The van der Waals surface area contributed by atoms with Gasteiger partial charge in [-0.05, 0) is 29.8 Å². The lowest BCUT2D eigenvalue weighted by atomic mass is 10.1. The maximum Gasteiger partial charge on any atom is 0.162 e. The number of hydrogen-bond acceptors (Lipinski definition) is 4. The Balaban J connectivity index is 1.96. The molecule has 5 nitrogen and oxygen atoms in total. The van der Waals surface area contributed by atoms with Crippen molar-refractivity contribution < 1.29 is 4.74 Å². The Kier molecular flexibility index (Phi) is 2.79. The van der Waals surface area contributed by atoms with Gasteiger partial charge in [0.15, 0.2) is 5.65 Å². The standard InChI is InChI=1S/C14H14N4O/c1-19-11-7-5-10(6-8-11)9-14-17-16-13-4-2-3-12(15)18(13)14/h2-8H,9,15H2,1H3. The molecule has 0 aliphatic heterocycles. The molecule has 3 rings (SSSR count). The molecular weight excluding hydrogens is 240 g/mol. The zero-order chi connectivity index (χ0) is 13.2. The van der Waals surface area contributed by atoms with E-state index in [1.54, 1.807) is 7.11 Å². The van der Waals surface area contributed by atoms with Crippen LogP contribution in [0.25, 0.3) is 5.65 Å². The lowest BCUT2D eigenvalue weighted by Crippen LogP contribution is -2.02. The van der Waals surface area contributed by atoms with E-state index in [0.717, 1.165) is 22.8 Å². The lowest BCUT2D eigenvalue weighted by Gasteiger charge is -2.04. The number of aromatic nitrogens is 3. The van der Waals surface area contributed by atoms with Crippen LogP contribution >= 0.6 is 0 Å². The van der Waals surface area contributed by atoms with Crippen molar-refractivity contribution in [3.8, 4) is 5.75 Å². The molecule has 0 bridgehead atoms. The van der Waals surface area contributed by atoms with Crippen molar-refractivity contribution >= 4 is 11.5 Å². The van der Waals surface area contributed by atoms with Gasteiger partial charge in [0, 0.05) is 6.42 Å². The number of fused-ring (bicyclic) bond motifs is 1. The first-order valence-corrected chi connectivity index (χ1v) is 5.99. The van der Waals surface area contributed by atoms with Crippen molar-refractivity contribution in [1.29, 1.82) is 0 Å². The largest absolute Gasteiger partial charge is 0.497 e. The first-order chi connectivity index (χ1) is 9.28. The second kappa shape index (κ2) is 4.61. The number of nitrogens with two attached hydrogens (primary N) is 1. The summed E-state index contributed by atoms with van der Waals surface area (Å²) in [6.07, 6.45) is 0.680. The van der Waals surface area contributed by atoms with E-state index in [1.807, 2.05) is 46.9 Å². The van der Waals surface area contributed by atoms with Gasteiger partial charge in [-0.25, -0.2) is 0 Å². The third-order valence-electron chi connectivity index (χ3n) is 3.05. The molecule has 0 aliphatic carbocycles. The third kappa shape index (κ3) is 2.10. The average Bonchev–Trinajstić information content (AvgIpc) is 2.84. The van der Waals surface area contributed by atoms with Crippen LogP contribution in [0.3, 0.4) is 0 Å². The summed E-state index contributed by atoms with van der Waals surface area (Å²) in [5.41, 5.74) is 7.87. The molecule has 1 aromatic carbocycles. The molecule has 0 aliphatic rings. The Labute approximate surface area is 110 Å². The number of ether oxygens (including phenoxy) is 1. The van der Waals surface area contributed by atoms with E-state index >= 15 is 0 Å². The quantitative estimate of drug-likeness (QED) is 0.775. The molecule has 0 radical (unpaired) electrons. The highest BCUT2D eigenvalue weighted by atomic mass is 16.5. The van der Waals surface area contributed by atoms with Crippen molar-refractivity contribution in [2.45, 2.75) is 6.42 Å². The number of pyridine rings is 1. The molecule has 2 aromatic heterocycles. The van der Waals surface area contributed by atoms with E-state index in [9.17, 15) is 0 Å². The molecule has 0 saturated carbocycles.